The Bertz CT molecular complexity index is 444. The third-order valence-electron chi connectivity index (χ3n) is 2.98. The van der Waals surface area contributed by atoms with Crippen molar-refractivity contribution in [2.24, 2.45) is 0 Å². The second kappa shape index (κ2) is 4.53. The number of benzene rings is 1. The molecule has 1 heterocycles. The van der Waals surface area contributed by atoms with Crippen LogP contribution in [-0.4, -0.2) is 31.8 Å². The first kappa shape index (κ1) is 11.6. The van der Waals surface area contributed by atoms with Gasteiger partial charge in [-0.1, -0.05) is 0 Å². The Morgan fingerprint density at radius 1 is 1.35 bits per heavy atom. The fourth-order valence-corrected chi connectivity index (χ4v) is 2.10. The summed E-state index contributed by atoms with van der Waals surface area (Å²) in [5.41, 5.74) is 1.56. The molecule has 1 aromatic rings. The average Bonchev–Trinajstić information content (AvgIpc) is 2.35. The maximum Gasteiger partial charge on any atom is 0.311 e. The summed E-state index contributed by atoms with van der Waals surface area (Å²) in [5, 5.41) is 12.3. The fraction of sp³-hybridized carbons (Fsp3) is 0.417. The number of carboxylic acids is 1. The first-order valence-electron chi connectivity index (χ1n) is 5.40. The monoisotopic (exact) mass is 237 g/mol. The summed E-state index contributed by atoms with van der Waals surface area (Å²) in [4.78, 5) is 11.2. The predicted molar refractivity (Wildman–Crippen MR) is 63.0 cm³/mol. The van der Waals surface area contributed by atoms with E-state index in [2.05, 4.69) is 5.32 Å². The third-order valence-corrected chi connectivity index (χ3v) is 2.98. The van der Waals surface area contributed by atoms with Crippen LogP contribution in [0, 0.1) is 0 Å². The van der Waals surface area contributed by atoms with E-state index in [4.69, 9.17) is 9.47 Å². The quantitative estimate of drug-likeness (QED) is 0.837. The zero-order valence-corrected chi connectivity index (χ0v) is 9.82. The number of methoxy groups -OCH3 is 2. The van der Waals surface area contributed by atoms with Crippen molar-refractivity contribution in [2.45, 2.75) is 12.3 Å². The highest BCUT2D eigenvalue weighted by molar-refractivity contribution is 5.81. The zero-order chi connectivity index (χ0) is 12.4. The van der Waals surface area contributed by atoms with Crippen LogP contribution in [0.3, 0.4) is 0 Å². The van der Waals surface area contributed by atoms with Gasteiger partial charge in [-0.15, -0.1) is 0 Å². The van der Waals surface area contributed by atoms with E-state index in [0.717, 1.165) is 11.3 Å². The van der Waals surface area contributed by atoms with E-state index in [-0.39, 0.29) is 0 Å². The lowest BCUT2D eigenvalue weighted by Crippen LogP contribution is -2.22. The molecule has 0 fully saturated rings. The maximum absolute atomic E-state index is 11.2. The number of aliphatic carboxylic acids is 1. The minimum atomic E-state index is -0.806. The summed E-state index contributed by atoms with van der Waals surface area (Å²) in [7, 11) is 3.10. The molecule has 0 aromatic heterocycles. The van der Waals surface area contributed by atoms with E-state index in [0.29, 0.717) is 24.5 Å². The van der Waals surface area contributed by atoms with Crippen molar-refractivity contribution < 1.29 is 19.4 Å². The van der Waals surface area contributed by atoms with E-state index in [9.17, 15) is 9.90 Å². The fourth-order valence-electron chi connectivity index (χ4n) is 2.10. The van der Waals surface area contributed by atoms with Gasteiger partial charge in [-0.05, 0) is 18.1 Å². The van der Waals surface area contributed by atoms with Gasteiger partial charge in [0.1, 0.15) is 0 Å². The van der Waals surface area contributed by atoms with Crippen LogP contribution in [0.1, 0.15) is 17.9 Å². The first-order chi connectivity index (χ1) is 8.17. The SMILES string of the molecule is COc1cc2c(cc1OC)C(C(=O)O)CCN2. The lowest BCUT2D eigenvalue weighted by atomic mass is 9.91. The number of hydrogen-bond acceptors (Lipinski definition) is 4. The minimum Gasteiger partial charge on any atom is -0.493 e. The summed E-state index contributed by atoms with van der Waals surface area (Å²) in [6, 6.07) is 3.52. The van der Waals surface area contributed by atoms with Gasteiger partial charge in [-0.25, -0.2) is 0 Å². The van der Waals surface area contributed by atoms with Crippen LogP contribution in [0.25, 0.3) is 0 Å². The summed E-state index contributed by atoms with van der Waals surface area (Å²) >= 11 is 0. The van der Waals surface area contributed by atoms with Crippen LogP contribution in [-0.2, 0) is 4.79 Å². The number of fused-ring (bicyclic) bond motifs is 1. The zero-order valence-electron chi connectivity index (χ0n) is 9.82. The molecule has 17 heavy (non-hydrogen) atoms. The van der Waals surface area contributed by atoms with E-state index in [1.807, 2.05) is 0 Å². The van der Waals surface area contributed by atoms with Gasteiger partial charge in [-0.3, -0.25) is 4.79 Å². The van der Waals surface area contributed by atoms with Gasteiger partial charge in [0.25, 0.3) is 0 Å². The topological polar surface area (TPSA) is 67.8 Å². The number of nitrogens with one attached hydrogen (secondary N) is 1. The van der Waals surface area contributed by atoms with Gasteiger partial charge in [0, 0.05) is 18.3 Å². The summed E-state index contributed by atoms with van der Waals surface area (Å²) in [6.07, 6.45) is 0.581. The van der Waals surface area contributed by atoms with Gasteiger partial charge < -0.3 is 19.9 Å². The molecule has 1 aliphatic rings. The standard InChI is InChI=1S/C12H15NO4/c1-16-10-5-8-7(12(14)15)3-4-13-9(8)6-11(10)17-2/h5-7,13H,3-4H2,1-2H3,(H,14,15). The van der Waals surface area contributed by atoms with Crippen molar-refractivity contribution >= 4 is 11.7 Å². The smallest absolute Gasteiger partial charge is 0.311 e. The van der Waals surface area contributed by atoms with Gasteiger partial charge in [0.2, 0.25) is 0 Å². The molecule has 0 spiro atoms. The number of ether oxygens (including phenoxy) is 2. The molecule has 2 N–H and O–H groups in total. The molecular weight excluding hydrogens is 222 g/mol. The van der Waals surface area contributed by atoms with Crippen molar-refractivity contribution in [1.82, 2.24) is 0 Å². The molecule has 1 atom stereocenters. The highest BCUT2D eigenvalue weighted by atomic mass is 16.5. The van der Waals surface area contributed by atoms with Crippen LogP contribution in [0.15, 0.2) is 12.1 Å². The largest absolute Gasteiger partial charge is 0.493 e. The second-order valence-electron chi connectivity index (χ2n) is 3.90. The Balaban J connectivity index is 2.50. The van der Waals surface area contributed by atoms with E-state index < -0.39 is 11.9 Å². The predicted octanol–water partition coefficient (Wildman–Crippen LogP) is 1.69. The summed E-state index contributed by atoms with van der Waals surface area (Å²) < 4.78 is 10.4. The van der Waals surface area contributed by atoms with Crippen molar-refractivity contribution in [3.63, 3.8) is 0 Å². The maximum atomic E-state index is 11.2. The summed E-state index contributed by atoms with van der Waals surface area (Å²) in [5.74, 6) is -0.128. The lowest BCUT2D eigenvalue weighted by molar-refractivity contribution is -0.138. The Labute approximate surface area is 99.3 Å². The molecule has 92 valence electrons. The third kappa shape index (κ3) is 2.00. The molecule has 0 saturated carbocycles. The molecule has 5 nitrogen and oxygen atoms in total. The molecule has 0 aliphatic carbocycles. The molecule has 0 amide bonds. The van der Waals surface area contributed by atoms with Crippen molar-refractivity contribution in [2.75, 3.05) is 26.1 Å². The Morgan fingerprint density at radius 3 is 2.59 bits per heavy atom. The number of carbonyl (C=O) groups is 1. The number of rotatable bonds is 3. The minimum absolute atomic E-state index is 0.481. The van der Waals surface area contributed by atoms with Crippen molar-refractivity contribution in [1.29, 1.82) is 0 Å². The molecule has 1 aromatic carbocycles. The van der Waals surface area contributed by atoms with Crippen LogP contribution >= 0.6 is 0 Å². The molecular formula is C12H15NO4. The highest BCUT2D eigenvalue weighted by Crippen LogP contribution is 2.40. The van der Waals surface area contributed by atoms with E-state index in [1.165, 1.54) is 7.11 Å². The summed E-state index contributed by atoms with van der Waals surface area (Å²) in [6.45, 7) is 0.652. The van der Waals surface area contributed by atoms with Crippen LogP contribution in [0.5, 0.6) is 11.5 Å². The van der Waals surface area contributed by atoms with Crippen LogP contribution in [0.4, 0.5) is 5.69 Å². The molecule has 1 aliphatic heterocycles. The van der Waals surface area contributed by atoms with Crippen LogP contribution in [0.2, 0.25) is 0 Å². The van der Waals surface area contributed by atoms with Gasteiger partial charge in [0.05, 0.1) is 20.1 Å². The molecule has 5 heteroatoms. The van der Waals surface area contributed by atoms with E-state index in [1.54, 1.807) is 19.2 Å². The van der Waals surface area contributed by atoms with Gasteiger partial charge in [-0.2, -0.15) is 0 Å². The Hall–Kier alpha value is -1.91. The Kier molecular flexibility index (Phi) is 3.08. The molecule has 1 unspecified atom stereocenters. The van der Waals surface area contributed by atoms with E-state index >= 15 is 0 Å². The van der Waals surface area contributed by atoms with Crippen molar-refractivity contribution in [3.05, 3.63) is 17.7 Å². The molecule has 0 bridgehead atoms. The van der Waals surface area contributed by atoms with Gasteiger partial charge >= 0.3 is 5.97 Å². The van der Waals surface area contributed by atoms with Gasteiger partial charge in [0.15, 0.2) is 11.5 Å². The lowest BCUT2D eigenvalue weighted by Gasteiger charge is -2.25. The highest BCUT2D eigenvalue weighted by Gasteiger charge is 2.27. The average molecular weight is 237 g/mol. The number of anilines is 1. The molecule has 0 saturated heterocycles. The Morgan fingerprint density at radius 2 is 2.00 bits per heavy atom. The number of carboxylic acid groups (broad SMARTS) is 1. The normalized spacial score (nSPS) is 17.9. The van der Waals surface area contributed by atoms with Crippen molar-refractivity contribution in [3.8, 4) is 11.5 Å². The molecule has 2 rings (SSSR count). The number of hydrogen-bond donors (Lipinski definition) is 2. The second-order valence-corrected chi connectivity index (χ2v) is 3.90. The van der Waals surface area contributed by atoms with Crippen LogP contribution < -0.4 is 14.8 Å². The first-order valence-corrected chi connectivity index (χ1v) is 5.40. The molecule has 0 radical (unpaired) electrons.